The van der Waals surface area contributed by atoms with Gasteiger partial charge in [0.25, 0.3) is 0 Å². The number of hydrogen-bond acceptors (Lipinski definition) is 2. The van der Waals surface area contributed by atoms with Crippen LogP contribution in [0.15, 0.2) is 66.8 Å². The molecule has 3 nitrogen and oxygen atoms in total. The molecule has 0 unspecified atom stereocenters. The minimum absolute atomic E-state index is 0.109. The second-order valence-corrected chi connectivity index (χ2v) is 5.49. The van der Waals surface area contributed by atoms with Crippen LogP contribution in [0.25, 0.3) is 5.57 Å². The normalized spacial score (nSPS) is 12.4. The highest BCUT2D eigenvalue weighted by Crippen LogP contribution is 2.31. The molecule has 0 atom stereocenters. The summed E-state index contributed by atoms with van der Waals surface area (Å²) in [4.78, 5) is 22.0. The SMILES string of the molecule is CC(=O)c1ccc(C(=CC=CC(=O)O)c2ccc(C(F)(F)F)cc2)cc1. The molecule has 0 spiro atoms. The summed E-state index contributed by atoms with van der Waals surface area (Å²) in [5.74, 6) is -1.25. The van der Waals surface area contributed by atoms with E-state index < -0.39 is 17.7 Å². The lowest BCUT2D eigenvalue weighted by Crippen LogP contribution is -2.04. The molecule has 0 aliphatic rings. The highest BCUT2D eigenvalue weighted by molar-refractivity contribution is 5.94. The molecule has 1 N–H and O–H groups in total. The quantitative estimate of drug-likeness (QED) is 0.465. The molecule has 0 heterocycles. The maximum absolute atomic E-state index is 12.7. The van der Waals surface area contributed by atoms with Crippen molar-refractivity contribution < 1.29 is 27.9 Å². The fourth-order valence-electron chi connectivity index (χ4n) is 2.31. The van der Waals surface area contributed by atoms with Gasteiger partial charge in [-0.05, 0) is 35.8 Å². The zero-order valence-corrected chi connectivity index (χ0v) is 13.7. The molecule has 2 aromatic carbocycles. The molecule has 0 bridgehead atoms. The minimum Gasteiger partial charge on any atom is -0.478 e. The predicted octanol–water partition coefficient (Wildman–Crippen LogP) is 4.98. The Kier molecular flexibility index (Phi) is 5.77. The number of carbonyl (C=O) groups is 2. The number of Topliss-reactive ketones (excluding diaryl/α,β-unsaturated/α-hetero) is 1. The van der Waals surface area contributed by atoms with Gasteiger partial charge < -0.3 is 5.11 Å². The number of ketones is 1. The number of carboxylic acids is 1. The van der Waals surface area contributed by atoms with E-state index in [-0.39, 0.29) is 5.78 Å². The van der Waals surface area contributed by atoms with Gasteiger partial charge in [0.05, 0.1) is 5.56 Å². The van der Waals surface area contributed by atoms with Crippen LogP contribution in [0.3, 0.4) is 0 Å². The highest BCUT2D eigenvalue weighted by Gasteiger charge is 2.30. The van der Waals surface area contributed by atoms with E-state index in [0.717, 1.165) is 18.2 Å². The van der Waals surface area contributed by atoms with E-state index in [1.165, 1.54) is 31.2 Å². The number of alkyl halides is 3. The summed E-state index contributed by atoms with van der Waals surface area (Å²) in [6, 6.07) is 11.1. The van der Waals surface area contributed by atoms with Gasteiger partial charge in [0.15, 0.2) is 5.78 Å². The van der Waals surface area contributed by atoms with Gasteiger partial charge in [0.2, 0.25) is 0 Å². The number of carboxylic acid groups (broad SMARTS) is 1. The number of rotatable bonds is 5. The van der Waals surface area contributed by atoms with Crippen molar-refractivity contribution in [1.29, 1.82) is 0 Å². The summed E-state index contributed by atoms with van der Waals surface area (Å²) in [6.07, 6.45) is -0.712. The van der Waals surface area contributed by atoms with Crippen molar-refractivity contribution in [3.05, 3.63) is 89.0 Å². The van der Waals surface area contributed by atoms with Crippen LogP contribution in [0.5, 0.6) is 0 Å². The number of aliphatic carboxylic acids is 1. The van der Waals surface area contributed by atoms with E-state index in [1.807, 2.05) is 0 Å². The summed E-state index contributed by atoms with van der Waals surface area (Å²) >= 11 is 0. The molecule has 0 saturated carbocycles. The first-order valence-corrected chi connectivity index (χ1v) is 7.59. The molecule has 134 valence electrons. The van der Waals surface area contributed by atoms with Crippen molar-refractivity contribution in [2.45, 2.75) is 13.1 Å². The molecule has 26 heavy (non-hydrogen) atoms. The van der Waals surface area contributed by atoms with Gasteiger partial charge in [-0.2, -0.15) is 13.2 Å². The number of carbonyl (C=O) groups excluding carboxylic acids is 1. The van der Waals surface area contributed by atoms with Crippen molar-refractivity contribution in [3.8, 4) is 0 Å². The summed E-state index contributed by atoms with van der Waals surface area (Å²) < 4.78 is 38.2. The molecule has 0 fully saturated rings. The number of hydrogen-bond donors (Lipinski definition) is 1. The second kappa shape index (κ2) is 7.82. The Labute approximate surface area is 148 Å². The van der Waals surface area contributed by atoms with Crippen LogP contribution >= 0.6 is 0 Å². The smallest absolute Gasteiger partial charge is 0.416 e. The molecule has 0 aliphatic heterocycles. The van der Waals surface area contributed by atoms with E-state index in [0.29, 0.717) is 22.3 Å². The predicted molar refractivity (Wildman–Crippen MR) is 91.7 cm³/mol. The highest BCUT2D eigenvalue weighted by atomic mass is 19.4. The Morgan fingerprint density at radius 2 is 1.35 bits per heavy atom. The molecular weight excluding hydrogens is 345 g/mol. The van der Waals surface area contributed by atoms with Crippen LogP contribution in [0, 0.1) is 0 Å². The molecule has 0 radical (unpaired) electrons. The lowest BCUT2D eigenvalue weighted by atomic mass is 9.95. The molecule has 6 heteroatoms. The fourth-order valence-corrected chi connectivity index (χ4v) is 2.31. The third-order valence-electron chi connectivity index (χ3n) is 3.63. The van der Waals surface area contributed by atoms with Crippen molar-refractivity contribution >= 4 is 17.3 Å². The van der Waals surface area contributed by atoms with Gasteiger partial charge in [0, 0.05) is 11.6 Å². The Morgan fingerprint density at radius 3 is 1.77 bits per heavy atom. The number of allylic oxidation sites excluding steroid dienone is 2. The molecule has 2 rings (SSSR count). The van der Waals surface area contributed by atoms with Crippen LogP contribution in [0.4, 0.5) is 13.2 Å². The van der Waals surface area contributed by atoms with E-state index in [9.17, 15) is 22.8 Å². The number of halogens is 3. The molecule has 0 aliphatic carbocycles. The summed E-state index contributed by atoms with van der Waals surface area (Å²) in [6.45, 7) is 1.43. The first-order valence-electron chi connectivity index (χ1n) is 7.59. The fraction of sp³-hybridized carbons (Fsp3) is 0.100. The van der Waals surface area contributed by atoms with E-state index in [2.05, 4.69) is 0 Å². The van der Waals surface area contributed by atoms with Crippen molar-refractivity contribution in [2.24, 2.45) is 0 Å². The Hall–Kier alpha value is -3.15. The number of benzene rings is 2. The Balaban J connectivity index is 2.47. The van der Waals surface area contributed by atoms with Crippen LogP contribution in [0.1, 0.15) is 34.0 Å². The third kappa shape index (κ3) is 4.92. The first kappa shape index (κ1) is 19.2. The minimum atomic E-state index is -4.44. The van der Waals surface area contributed by atoms with Crippen molar-refractivity contribution in [1.82, 2.24) is 0 Å². The molecular formula is C20H15F3O3. The lowest BCUT2D eigenvalue weighted by molar-refractivity contribution is -0.137. The topological polar surface area (TPSA) is 54.4 Å². The zero-order chi connectivity index (χ0) is 19.3. The molecule has 0 amide bonds. The molecule has 2 aromatic rings. The zero-order valence-electron chi connectivity index (χ0n) is 13.7. The van der Waals surface area contributed by atoms with Crippen molar-refractivity contribution in [2.75, 3.05) is 0 Å². The van der Waals surface area contributed by atoms with Gasteiger partial charge in [-0.3, -0.25) is 4.79 Å². The first-order chi connectivity index (χ1) is 12.2. The maximum Gasteiger partial charge on any atom is 0.416 e. The maximum atomic E-state index is 12.7. The van der Waals surface area contributed by atoms with Crippen LogP contribution in [-0.4, -0.2) is 16.9 Å². The van der Waals surface area contributed by atoms with Crippen LogP contribution in [-0.2, 0) is 11.0 Å². The third-order valence-corrected chi connectivity index (χ3v) is 3.63. The summed E-state index contributed by atoms with van der Waals surface area (Å²) in [5.41, 5.74) is 1.40. The largest absolute Gasteiger partial charge is 0.478 e. The van der Waals surface area contributed by atoms with Gasteiger partial charge >= 0.3 is 12.1 Å². The molecule has 0 saturated heterocycles. The average Bonchev–Trinajstić information content (AvgIpc) is 2.58. The second-order valence-electron chi connectivity index (χ2n) is 5.49. The Bertz CT molecular complexity index is 859. The van der Waals surface area contributed by atoms with Gasteiger partial charge in [0.1, 0.15) is 0 Å². The monoisotopic (exact) mass is 360 g/mol. The average molecular weight is 360 g/mol. The van der Waals surface area contributed by atoms with Crippen LogP contribution in [0.2, 0.25) is 0 Å². The lowest BCUT2D eigenvalue weighted by Gasteiger charge is -2.11. The van der Waals surface area contributed by atoms with Crippen molar-refractivity contribution in [3.63, 3.8) is 0 Å². The van der Waals surface area contributed by atoms with Gasteiger partial charge in [-0.15, -0.1) is 0 Å². The van der Waals surface area contributed by atoms with E-state index >= 15 is 0 Å². The van der Waals surface area contributed by atoms with Crippen LogP contribution < -0.4 is 0 Å². The van der Waals surface area contributed by atoms with Gasteiger partial charge in [-0.25, -0.2) is 4.79 Å². The summed E-state index contributed by atoms with van der Waals surface area (Å²) in [7, 11) is 0. The summed E-state index contributed by atoms with van der Waals surface area (Å²) in [5, 5.41) is 8.71. The van der Waals surface area contributed by atoms with Gasteiger partial charge in [-0.1, -0.05) is 48.6 Å². The molecule has 0 aromatic heterocycles. The van der Waals surface area contributed by atoms with E-state index in [4.69, 9.17) is 5.11 Å². The standard InChI is InChI=1S/C20H15F3O3/c1-13(24)14-5-7-15(8-6-14)18(3-2-4-19(25)26)16-9-11-17(12-10-16)20(21,22)23/h2-12H,1H3,(H,25,26). The Morgan fingerprint density at radius 1 is 0.885 bits per heavy atom. The van der Waals surface area contributed by atoms with E-state index in [1.54, 1.807) is 24.3 Å².